The first-order valence-electron chi connectivity index (χ1n) is 9.42. The fourth-order valence-corrected chi connectivity index (χ4v) is 4.61. The molecule has 3 aliphatic rings. The van der Waals surface area contributed by atoms with Gasteiger partial charge in [0.05, 0.1) is 19.1 Å². The highest BCUT2D eigenvalue weighted by Crippen LogP contribution is 2.45. The van der Waals surface area contributed by atoms with Crippen molar-refractivity contribution < 1.29 is 19.1 Å². The van der Waals surface area contributed by atoms with Gasteiger partial charge in [-0.15, -0.1) is 0 Å². The van der Waals surface area contributed by atoms with Crippen molar-refractivity contribution in [2.45, 2.75) is 25.7 Å². The van der Waals surface area contributed by atoms with Gasteiger partial charge >= 0.3 is 6.03 Å². The highest BCUT2D eigenvalue weighted by Gasteiger charge is 2.53. The zero-order valence-electron chi connectivity index (χ0n) is 15.5. The molecule has 0 unspecified atom stereocenters. The average Bonchev–Trinajstić information content (AvgIpc) is 3.24. The Balaban J connectivity index is 1.64. The molecule has 1 spiro atoms. The number of methoxy groups -OCH3 is 2. The van der Waals surface area contributed by atoms with Gasteiger partial charge in [-0.3, -0.25) is 4.79 Å². The fraction of sp³-hybridized carbons (Fsp3) is 0.889. The topological polar surface area (TPSA) is 62.3 Å². The van der Waals surface area contributed by atoms with E-state index in [9.17, 15) is 9.59 Å². The molecule has 0 radical (unpaired) electrons. The van der Waals surface area contributed by atoms with Gasteiger partial charge in [0.2, 0.25) is 5.91 Å². The first-order valence-corrected chi connectivity index (χ1v) is 9.42. The fourth-order valence-electron chi connectivity index (χ4n) is 4.61. The summed E-state index contributed by atoms with van der Waals surface area (Å²) in [7, 11) is 3.32. The minimum Gasteiger partial charge on any atom is -0.384 e. The summed E-state index contributed by atoms with van der Waals surface area (Å²) >= 11 is 0. The third kappa shape index (κ3) is 3.62. The summed E-state index contributed by atoms with van der Waals surface area (Å²) in [6.45, 7) is 5.65. The molecule has 142 valence electrons. The van der Waals surface area contributed by atoms with Crippen LogP contribution in [0.2, 0.25) is 0 Å². The first kappa shape index (κ1) is 18.5. The van der Waals surface area contributed by atoms with Gasteiger partial charge in [-0.05, 0) is 25.7 Å². The van der Waals surface area contributed by atoms with Crippen LogP contribution in [0.25, 0.3) is 0 Å². The number of urea groups is 1. The van der Waals surface area contributed by atoms with Crippen molar-refractivity contribution in [3.8, 4) is 0 Å². The number of carbonyl (C=O) groups excluding carboxylic acids is 2. The van der Waals surface area contributed by atoms with E-state index in [1.165, 1.54) is 0 Å². The standard InChI is InChI=1S/C18H31N3O4/c1-24-12-11-21-14-18(15(13-25-2)16(21)22)5-9-20(10-6-18)17(23)19-7-3-4-8-19/h15H,3-14H2,1-2H3/t15-/m1/s1. The van der Waals surface area contributed by atoms with E-state index in [1.54, 1.807) is 14.2 Å². The number of hydrogen-bond acceptors (Lipinski definition) is 4. The predicted molar refractivity (Wildman–Crippen MR) is 93.3 cm³/mol. The van der Waals surface area contributed by atoms with Crippen LogP contribution in [-0.2, 0) is 14.3 Å². The molecule has 0 aliphatic carbocycles. The Bertz CT molecular complexity index is 485. The minimum absolute atomic E-state index is 0.0668. The van der Waals surface area contributed by atoms with Crippen molar-refractivity contribution in [1.82, 2.24) is 14.7 Å². The van der Waals surface area contributed by atoms with Crippen LogP contribution in [0.3, 0.4) is 0 Å². The normalized spacial score (nSPS) is 26.1. The molecule has 0 aromatic carbocycles. The first-order chi connectivity index (χ1) is 12.1. The quantitative estimate of drug-likeness (QED) is 0.741. The molecule has 3 fully saturated rings. The van der Waals surface area contributed by atoms with Crippen LogP contribution in [0, 0.1) is 11.3 Å². The molecule has 1 atom stereocenters. The lowest BCUT2D eigenvalue weighted by Gasteiger charge is -2.42. The van der Waals surface area contributed by atoms with Crippen LogP contribution >= 0.6 is 0 Å². The summed E-state index contributed by atoms with van der Waals surface area (Å²) in [6.07, 6.45) is 3.97. The number of piperidine rings is 1. The second kappa shape index (κ2) is 7.91. The number of rotatable bonds is 5. The summed E-state index contributed by atoms with van der Waals surface area (Å²) in [5.74, 6) is 0.0802. The van der Waals surface area contributed by atoms with E-state index in [1.807, 2.05) is 14.7 Å². The maximum Gasteiger partial charge on any atom is 0.319 e. The van der Waals surface area contributed by atoms with Gasteiger partial charge < -0.3 is 24.2 Å². The van der Waals surface area contributed by atoms with E-state index in [-0.39, 0.29) is 23.3 Å². The van der Waals surface area contributed by atoms with E-state index < -0.39 is 0 Å². The molecule has 0 saturated carbocycles. The summed E-state index contributed by atoms with van der Waals surface area (Å²) in [4.78, 5) is 31.3. The lowest BCUT2D eigenvalue weighted by atomic mass is 9.71. The lowest BCUT2D eigenvalue weighted by molar-refractivity contribution is -0.134. The third-order valence-corrected chi connectivity index (χ3v) is 6.16. The van der Waals surface area contributed by atoms with E-state index in [0.717, 1.165) is 58.4 Å². The molecular formula is C18H31N3O4. The van der Waals surface area contributed by atoms with Gasteiger partial charge in [0, 0.05) is 58.9 Å². The van der Waals surface area contributed by atoms with Crippen molar-refractivity contribution in [3.05, 3.63) is 0 Å². The number of likely N-dealkylation sites (tertiary alicyclic amines) is 3. The highest BCUT2D eigenvalue weighted by atomic mass is 16.5. The largest absolute Gasteiger partial charge is 0.384 e. The highest BCUT2D eigenvalue weighted by molar-refractivity contribution is 5.82. The zero-order valence-corrected chi connectivity index (χ0v) is 15.5. The summed E-state index contributed by atoms with van der Waals surface area (Å²) in [6, 6.07) is 0.177. The van der Waals surface area contributed by atoms with Crippen molar-refractivity contribution in [1.29, 1.82) is 0 Å². The summed E-state index contributed by atoms with van der Waals surface area (Å²) < 4.78 is 10.5. The van der Waals surface area contributed by atoms with Gasteiger partial charge in [0.25, 0.3) is 0 Å². The minimum atomic E-state index is -0.0987. The maximum atomic E-state index is 12.8. The predicted octanol–water partition coefficient (Wildman–Crippen LogP) is 1.04. The molecule has 7 heteroatoms. The van der Waals surface area contributed by atoms with E-state index in [4.69, 9.17) is 9.47 Å². The Labute approximate surface area is 150 Å². The van der Waals surface area contributed by atoms with E-state index in [0.29, 0.717) is 19.8 Å². The van der Waals surface area contributed by atoms with Crippen LogP contribution in [0.4, 0.5) is 4.79 Å². The molecule has 3 rings (SSSR count). The molecule has 0 bridgehead atoms. The smallest absolute Gasteiger partial charge is 0.319 e. The number of nitrogens with zero attached hydrogens (tertiary/aromatic N) is 3. The Morgan fingerprint density at radius 1 is 1.08 bits per heavy atom. The molecule has 3 heterocycles. The Morgan fingerprint density at radius 3 is 2.32 bits per heavy atom. The zero-order chi connectivity index (χ0) is 17.9. The van der Waals surface area contributed by atoms with Crippen LogP contribution in [0.15, 0.2) is 0 Å². The second-order valence-corrected chi connectivity index (χ2v) is 7.59. The second-order valence-electron chi connectivity index (χ2n) is 7.59. The van der Waals surface area contributed by atoms with Crippen molar-refractivity contribution >= 4 is 11.9 Å². The van der Waals surface area contributed by atoms with Gasteiger partial charge in [0.15, 0.2) is 0 Å². The summed E-state index contributed by atoms with van der Waals surface area (Å²) in [5.41, 5.74) is -0.0668. The van der Waals surface area contributed by atoms with Crippen LogP contribution in [0.1, 0.15) is 25.7 Å². The van der Waals surface area contributed by atoms with Crippen molar-refractivity contribution in [2.75, 3.05) is 66.7 Å². The number of amides is 3. The van der Waals surface area contributed by atoms with E-state index >= 15 is 0 Å². The SMILES string of the molecule is COCCN1CC2(CCN(C(=O)N3CCCC3)CC2)[C@H](COC)C1=O. The van der Waals surface area contributed by atoms with Gasteiger partial charge in [-0.25, -0.2) is 4.79 Å². The van der Waals surface area contributed by atoms with E-state index in [2.05, 4.69) is 0 Å². The summed E-state index contributed by atoms with van der Waals surface area (Å²) in [5, 5.41) is 0. The Morgan fingerprint density at radius 2 is 1.72 bits per heavy atom. The molecular weight excluding hydrogens is 322 g/mol. The molecule has 0 aromatic rings. The third-order valence-electron chi connectivity index (χ3n) is 6.16. The molecule has 3 aliphatic heterocycles. The van der Waals surface area contributed by atoms with Gasteiger partial charge in [-0.2, -0.15) is 0 Å². The van der Waals surface area contributed by atoms with Crippen molar-refractivity contribution in [3.63, 3.8) is 0 Å². The monoisotopic (exact) mass is 353 g/mol. The lowest BCUT2D eigenvalue weighted by Crippen LogP contribution is -2.50. The Kier molecular flexibility index (Phi) is 5.84. The van der Waals surface area contributed by atoms with Crippen LogP contribution in [0.5, 0.6) is 0 Å². The average molecular weight is 353 g/mol. The van der Waals surface area contributed by atoms with Gasteiger partial charge in [-0.1, -0.05) is 0 Å². The van der Waals surface area contributed by atoms with Crippen LogP contribution < -0.4 is 0 Å². The molecule has 25 heavy (non-hydrogen) atoms. The molecule has 7 nitrogen and oxygen atoms in total. The van der Waals surface area contributed by atoms with Gasteiger partial charge in [0.1, 0.15) is 0 Å². The van der Waals surface area contributed by atoms with Crippen LogP contribution in [-0.4, -0.2) is 93.3 Å². The number of carbonyl (C=O) groups is 2. The molecule has 3 saturated heterocycles. The molecule has 0 N–H and O–H groups in total. The maximum absolute atomic E-state index is 12.8. The Hall–Kier alpha value is -1.34. The molecule has 0 aromatic heterocycles. The number of ether oxygens (including phenoxy) is 2. The molecule has 3 amide bonds. The number of hydrogen-bond donors (Lipinski definition) is 0. The van der Waals surface area contributed by atoms with Crippen molar-refractivity contribution in [2.24, 2.45) is 11.3 Å².